The SMILES string of the molecule is CC(C)Oc1cccc2ncnc(Cl)c12. The summed E-state index contributed by atoms with van der Waals surface area (Å²) >= 11 is 6.01. The lowest BCUT2D eigenvalue weighted by Gasteiger charge is -2.12. The van der Waals surface area contributed by atoms with E-state index in [1.165, 1.54) is 6.33 Å². The van der Waals surface area contributed by atoms with Gasteiger partial charge >= 0.3 is 0 Å². The van der Waals surface area contributed by atoms with Crippen LogP contribution in [-0.4, -0.2) is 16.1 Å². The molecule has 0 atom stereocenters. The summed E-state index contributed by atoms with van der Waals surface area (Å²) in [5.74, 6) is 0.730. The highest BCUT2D eigenvalue weighted by molar-refractivity contribution is 6.34. The van der Waals surface area contributed by atoms with Crippen molar-refractivity contribution in [3.63, 3.8) is 0 Å². The molecule has 78 valence electrons. The van der Waals surface area contributed by atoms with Crippen LogP contribution in [0, 0.1) is 0 Å². The Bertz CT molecular complexity index is 480. The largest absolute Gasteiger partial charge is 0.490 e. The summed E-state index contributed by atoms with van der Waals surface area (Å²) in [5, 5.41) is 1.20. The van der Waals surface area contributed by atoms with E-state index in [9.17, 15) is 0 Å². The molecule has 4 heteroatoms. The Kier molecular flexibility index (Phi) is 2.73. The highest BCUT2D eigenvalue weighted by Crippen LogP contribution is 2.29. The zero-order valence-electron chi connectivity index (χ0n) is 8.57. The van der Waals surface area contributed by atoms with Gasteiger partial charge in [-0.25, -0.2) is 9.97 Å². The van der Waals surface area contributed by atoms with E-state index in [1.54, 1.807) is 0 Å². The molecule has 15 heavy (non-hydrogen) atoms. The molecule has 0 radical (unpaired) electrons. The number of hydrogen-bond donors (Lipinski definition) is 0. The van der Waals surface area contributed by atoms with Gasteiger partial charge in [-0.15, -0.1) is 0 Å². The molecule has 0 fully saturated rings. The molecule has 0 saturated carbocycles. The third-order valence-corrected chi connectivity index (χ3v) is 2.23. The van der Waals surface area contributed by atoms with Crippen LogP contribution in [0.2, 0.25) is 5.15 Å². The second kappa shape index (κ2) is 4.03. The zero-order chi connectivity index (χ0) is 10.8. The Balaban J connectivity index is 2.63. The van der Waals surface area contributed by atoms with Crippen molar-refractivity contribution in [2.45, 2.75) is 20.0 Å². The Morgan fingerprint density at radius 3 is 2.80 bits per heavy atom. The molecule has 0 unspecified atom stereocenters. The molecule has 1 aromatic carbocycles. The maximum Gasteiger partial charge on any atom is 0.144 e. The molecule has 1 heterocycles. The fraction of sp³-hybridized carbons (Fsp3) is 0.273. The molecule has 0 spiro atoms. The highest BCUT2D eigenvalue weighted by Gasteiger charge is 2.08. The molecule has 2 aromatic rings. The number of benzene rings is 1. The van der Waals surface area contributed by atoms with Gasteiger partial charge < -0.3 is 4.74 Å². The molecular weight excluding hydrogens is 212 g/mol. The molecule has 0 aliphatic rings. The first-order valence-electron chi connectivity index (χ1n) is 4.74. The van der Waals surface area contributed by atoms with Gasteiger partial charge in [0.1, 0.15) is 17.2 Å². The van der Waals surface area contributed by atoms with E-state index in [-0.39, 0.29) is 6.10 Å². The minimum Gasteiger partial charge on any atom is -0.490 e. The second-order valence-electron chi connectivity index (χ2n) is 3.48. The first-order chi connectivity index (χ1) is 7.18. The Hall–Kier alpha value is -1.35. The van der Waals surface area contributed by atoms with E-state index in [2.05, 4.69) is 9.97 Å². The minimum absolute atomic E-state index is 0.104. The lowest BCUT2D eigenvalue weighted by atomic mass is 10.2. The molecule has 0 aliphatic heterocycles. The summed E-state index contributed by atoms with van der Waals surface area (Å²) in [4.78, 5) is 8.08. The van der Waals surface area contributed by atoms with Crippen molar-refractivity contribution in [2.75, 3.05) is 0 Å². The van der Waals surface area contributed by atoms with Gasteiger partial charge in [-0.05, 0) is 26.0 Å². The average molecular weight is 223 g/mol. The summed E-state index contributed by atoms with van der Waals surface area (Å²) in [7, 11) is 0. The Morgan fingerprint density at radius 1 is 1.27 bits per heavy atom. The number of halogens is 1. The lowest BCUT2D eigenvalue weighted by Crippen LogP contribution is -2.06. The summed E-state index contributed by atoms with van der Waals surface area (Å²) < 4.78 is 5.64. The maximum atomic E-state index is 6.01. The number of rotatable bonds is 2. The van der Waals surface area contributed by atoms with Gasteiger partial charge in [0.25, 0.3) is 0 Å². The fourth-order valence-corrected chi connectivity index (χ4v) is 1.63. The molecule has 1 aromatic heterocycles. The number of hydrogen-bond acceptors (Lipinski definition) is 3. The molecule has 0 amide bonds. The van der Waals surface area contributed by atoms with E-state index in [4.69, 9.17) is 16.3 Å². The number of fused-ring (bicyclic) bond motifs is 1. The van der Waals surface area contributed by atoms with Gasteiger partial charge in [0.05, 0.1) is 17.0 Å². The van der Waals surface area contributed by atoms with Crippen LogP contribution in [0.1, 0.15) is 13.8 Å². The highest BCUT2D eigenvalue weighted by atomic mass is 35.5. The summed E-state index contributed by atoms with van der Waals surface area (Å²) in [6.45, 7) is 3.94. The van der Waals surface area contributed by atoms with Crippen LogP contribution in [0.25, 0.3) is 10.9 Å². The summed E-state index contributed by atoms with van der Waals surface area (Å²) in [6.07, 6.45) is 1.55. The van der Waals surface area contributed by atoms with Gasteiger partial charge in [-0.2, -0.15) is 0 Å². The molecule has 3 nitrogen and oxygen atoms in total. The molecule has 0 saturated heterocycles. The van der Waals surface area contributed by atoms with Crippen molar-refractivity contribution in [1.82, 2.24) is 9.97 Å². The van der Waals surface area contributed by atoms with Crippen LogP contribution in [0.15, 0.2) is 24.5 Å². The monoisotopic (exact) mass is 222 g/mol. The van der Waals surface area contributed by atoms with E-state index in [0.29, 0.717) is 5.15 Å². The molecule has 0 aliphatic carbocycles. The van der Waals surface area contributed by atoms with Crippen molar-refractivity contribution in [1.29, 1.82) is 0 Å². The first-order valence-corrected chi connectivity index (χ1v) is 5.12. The van der Waals surface area contributed by atoms with E-state index in [0.717, 1.165) is 16.7 Å². The van der Waals surface area contributed by atoms with Gasteiger partial charge in [0.15, 0.2) is 0 Å². The van der Waals surface area contributed by atoms with Gasteiger partial charge in [0, 0.05) is 0 Å². The van der Waals surface area contributed by atoms with Crippen molar-refractivity contribution >= 4 is 22.5 Å². The average Bonchev–Trinajstić information content (AvgIpc) is 2.17. The predicted molar refractivity (Wildman–Crippen MR) is 60.3 cm³/mol. The Labute approximate surface area is 93.1 Å². The van der Waals surface area contributed by atoms with Crippen molar-refractivity contribution in [2.24, 2.45) is 0 Å². The quantitative estimate of drug-likeness (QED) is 0.733. The van der Waals surface area contributed by atoms with Crippen molar-refractivity contribution < 1.29 is 4.74 Å². The first kappa shape index (κ1) is 10.2. The maximum absolute atomic E-state index is 6.01. The van der Waals surface area contributed by atoms with Crippen LogP contribution in [0.5, 0.6) is 5.75 Å². The lowest BCUT2D eigenvalue weighted by molar-refractivity contribution is 0.245. The standard InChI is InChI=1S/C11H11ClN2O/c1-7(2)15-9-5-3-4-8-10(9)11(12)14-6-13-8/h3-7H,1-2H3. The second-order valence-corrected chi connectivity index (χ2v) is 3.84. The predicted octanol–water partition coefficient (Wildman–Crippen LogP) is 3.07. The number of ether oxygens (including phenoxy) is 1. The third kappa shape index (κ3) is 2.02. The van der Waals surface area contributed by atoms with Crippen molar-refractivity contribution in [3.05, 3.63) is 29.7 Å². The normalized spacial score (nSPS) is 10.9. The topological polar surface area (TPSA) is 35.0 Å². The van der Waals surface area contributed by atoms with E-state index >= 15 is 0 Å². The fourth-order valence-electron chi connectivity index (χ4n) is 1.39. The third-order valence-electron chi connectivity index (χ3n) is 1.94. The molecule has 0 bridgehead atoms. The zero-order valence-corrected chi connectivity index (χ0v) is 9.32. The van der Waals surface area contributed by atoms with Crippen LogP contribution in [-0.2, 0) is 0 Å². The molecule has 0 N–H and O–H groups in total. The Morgan fingerprint density at radius 2 is 2.07 bits per heavy atom. The molecule has 2 rings (SSSR count). The van der Waals surface area contributed by atoms with Crippen LogP contribution in [0.3, 0.4) is 0 Å². The van der Waals surface area contributed by atoms with Gasteiger partial charge in [-0.1, -0.05) is 17.7 Å². The van der Waals surface area contributed by atoms with E-state index < -0.39 is 0 Å². The van der Waals surface area contributed by atoms with Crippen LogP contribution < -0.4 is 4.74 Å². The van der Waals surface area contributed by atoms with E-state index in [1.807, 2.05) is 32.0 Å². The minimum atomic E-state index is 0.104. The number of aromatic nitrogens is 2. The molecular formula is C11H11ClN2O. The summed E-state index contributed by atoms with van der Waals surface area (Å²) in [5.41, 5.74) is 0.799. The summed E-state index contributed by atoms with van der Waals surface area (Å²) in [6, 6.07) is 5.65. The smallest absolute Gasteiger partial charge is 0.144 e. The van der Waals surface area contributed by atoms with Crippen LogP contribution >= 0.6 is 11.6 Å². The van der Waals surface area contributed by atoms with Gasteiger partial charge in [0.2, 0.25) is 0 Å². The number of nitrogens with zero attached hydrogens (tertiary/aromatic N) is 2. The van der Waals surface area contributed by atoms with Crippen LogP contribution in [0.4, 0.5) is 0 Å². The van der Waals surface area contributed by atoms with Gasteiger partial charge in [-0.3, -0.25) is 0 Å². The van der Waals surface area contributed by atoms with Crippen molar-refractivity contribution in [3.8, 4) is 5.75 Å².